The fourth-order valence-corrected chi connectivity index (χ4v) is 3.46. The summed E-state index contributed by atoms with van der Waals surface area (Å²) in [6, 6.07) is 12.4. The van der Waals surface area contributed by atoms with E-state index in [1.165, 1.54) is 0 Å². The molecule has 150 valence electrons. The molecule has 1 aromatic heterocycles. The van der Waals surface area contributed by atoms with E-state index in [1.807, 2.05) is 19.1 Å². The lowest BCUT2D eigenvalue weighted by molar-refractivity contribution is -0.142. The molecule has 0 aliphatic heterocycles. The quantitative estimate of drug-likeness (QED) is 0.573. The molecule has 29 heavy (non-hydrogen) atoms. The number of benzene rings is 2. The summed E-state index contributed by atoms with van der Waals surface area (Å²) in [6.07, 6.45) is -0.0813. The fraction of sp³-hybridized carbons (Fsp3) is 0.238. The van der Waals surface area contributed by atoms with Crippen LogP contribution in [-0.2, 0) is 27.3 Å². The van der Waals surface area contributed by atoms with Crippen LogP contribution in [0.15, 0.2) is 51.7 Å². The lowest BCUT2D eigenvalue weighted by Gasteiger charge is -2.12. The highest BCUT2D eigenvalue weighted by atomic mass is 79.9. The molecule has 1 heterocycles. The third kappa shape index (κ3) is 4.89. The van der Waals surface area contributed by atoms with E-state index in [9.17, 15) is 14.4 Å². The summed E-state index contributed by atoms with van der Waals surface area (Å²) in [4.78, 5) is 37.3. The monoisotopic (exact) mass is 457 g/mol. The molecule has 2 aromatic carbocycles. The largest absolute Gasteiger partial charge is 0.466 e. The molecule has 0 aliphatic carbocycles. The van der Waals surface area contributed by atoms with Crippen molar-refractivity contribution in [2.75, 3.05) is 11.9 Å². The number of esters is 1. The van der Waals surface area contributed by atoms with E-state index in [0.29, 0.717) is 22.2 Å². The SMILES string of the molecule is CCOC(=O)Cc1nn(CC(=O)Nc2ccc(Br)cc2C)c(=O)c2ccccc12. The number of carbonyl (C=O) groups excluding carboxylic acids is 2. The molecule has 0 bridgehead atoms. The predicted molar refractivity (Wildman–Crippen MR) is 114 cm³/mol. The van der Waals surface area contributed by atoms with Gasteiger partial charge in [-0.1, -0.05) is 34.1 Å². The van der Waals surface area contributed by atoms with Crippen molar-refractivity contribution in [1.82, 2.24) is 9.78 Å². The Labute approximate surface area is 175 Å². The number of hydrogen-bond donors (Lipinski definition) is 1. The van der Waals surface area contributed by atoms with Gasteiger partial charge < -0.3 is 10.1 Å². The summed E-state index contributed by atoms with van der Waals surface area (Å²) < 4.78 is 6.99. The number of rotatable bonds is 6. The number of fused-ring (bicyclic) bond motifs is 1. The Balaban J connectivity index is 1.92. The maximum absolute atomic E-state index is 12.8. The molecule has 0 spiro atoms. The Morgan fingerprint density at radius 2 is 1.90 bits per heavy atom. The summed E-state index contributed by atoms with van der Waals surface area (Å²) in [5, 5.41) is 8.04. The minimum Gasteiger partial charge on any atom is -0.466 e. The normalized spacial score (nSPS) is 10.7. The zero-order valence-electron chi connectivity index (χ0n) is 16.1. The van der Waals surface area contributed by atoms with Gasteiger partial charge in [0.05, 0.1) is 24.1 Å². The third-order valence-corrected chi connectivity index (χ3v) is 4.81. The molecule has 0 radical (unpaired) electrons. The van der Waals surface area contributed by atoms with Crippen LogP contribution in [0.3, 0.4) is 0 Å². The second-order valence-corrected chi connectivity index (χ2v) is 7.36. The molecule has 0 saturated heterocycles. The number of ether oxygens (including phenoxy) is 1. The van der Waals surface area contributed by atoms with E-state index in [-0.39, 0.29) is 25.5 Å². The summed E-state index contributed by atoms with van der Waals surface area (Å²) in [7, 11) is 0. The van der Waals surface area contributed by atoms with E-state index in [0.717, 1.165) is 14.7 Å². The summed E-state index contributed by atoms with van der Waals surface area (Å²) in [5.41, 5.74) is 1.54. The van der Waals surface area contributed by atoms with Crippen molar-refractivity contribution in [3.63, 3.8) is 0 Å². The van der Waals surface area contributed by atoms with E-state index < -0.39 is 11.5 Å². The number of nitrogens with one attached hydrogen (secondary N) is 1. The number of aryl methyl sites for hydroxylation is 1. The van der Waals surface area contributed by atoms with Crippen molar-refractivity contribution in [2.45, 2.75) is 26.8 Å². The van der Waals surface area contributed by atoms with Gasteiger partial charge in [-0.05, 0) is 43.7 Å². The van der Waals surface area contributed by atoms with Gasteiger partial charge in [-0.25, -0.2) is 4.68 Å². The lowest BCUT2D eigenvalue weighted by atomic mass is 10.1. The number of aromatic nitrogens is 2. The third-order valence-electron chi connectivity index (χ3n) is 4.32. The van der Waals surface area contributed by atoms with Crippen molar-refractivity contribution < 1.29 is 14.3 Å². The summed E-state index contributed by atoms with van der Waals surface area (Å²) >= 11 is 3.38. The molecule has 3 aromatic rings. The summed E-state index contributed by atoms with van der Waals surface area (Å²) in [5.74, 6) is -0.826. The Bertz CT molecular complexity index is 1140. The topological polar surface area (TPSA) is 90.3 Å². The first kappa shape index (κ1) is 20.7. The number of anilines is 1. The maximum atomic E-state index is 12.8. The first-order valence-electron chi connectivity index (χ1n) is 9.09. The van der Waals surface area contributed by atoms with Crippen molar-refractivity contribution >= 4 is 44.3 Å². The molecule has 8 heteroatoms. The molecule has 0 unspecified atom stereocenters. The molecule has 7 nitrogen and oxygen atoms in total. The Morgan fingerprint density at radius 3 is 2.59 bits per heavy atom. The minimum absolute atomic E-state index is 0.0813. The van der Waals surface area contributed by atoms with Gasteiger partial charge in [-0.15, -0.1) is 0 Å². The first-order valence-corrected chi connectivity index (χ1v) is 9.88. The van der Waals surface area contributed by atoms with Crippen LogP contribution < -0.4 is 10.9 Å². The van der Waals surface area contributed by atoms with Crippen LogP contribution in [0.4, 0.5) is 5.69 Å². The van der Waals surface area contributed by atoms with Gasteiger partial charge in [0.15, 0.2) is 0 Å². The van der Waals surface area contributed by atoms with Crippen LogP contribution in [0.5, 0.6) is 0 Å². The average Bonchev–Trinajstić information content (AvgIpc) is 2.68. The van der Waals surface area contributed by atoms with E-state index in [1.54, 1.807) is 37.3 Å². The molecule has 0 saturated carbocycles. The van der Waals surface area contributed by atoms with Crippen LogP contribution in [0.1, 0.15) is 18.2 Å². The molecular weight excluding hydrogens is 438 g/mol. The van der Waals surface area contributed by atoms with Crippen LogP contribution in [0, 0.1) is 6.92 Å². The molecule has 0 aliphatic rings. The Kier molecular flexibility index (Phi) is 6.43. The predicted octanol–water partition coefficient (Wildman–Crippen LogP) is 3.21. The van der Waals surface area contributed by atoms with Crippen molar-refractivity contribution in [3.05, 3.63) is 68.5 Å². The summed E-state index contributed by atoms with van der Waals surface area (Å²) in [6.45, 7) is 3.58. The number of carbonyl (C=O) groups is 2. The highest BCUT2D eigenvalue weighted by Crippen LogP contribution is 2.20. The molecule has 1 N–H and O–H groups in total. The standard InChI is InChI=1S/C21H20BrN3O4/c1-3-29-20(27)11-18-15-6-4-5-7-16(15)21(28)25(24-18)12-19(26)23-17-9-8-14(22)10-13(17)2/h4-10H,3,11-12H2,1-2H3,(H,23,26). The van der Waals surface area contributed by atoms with Gasteiger partial charge in [-0.3, -0.25) is 14.4 Å². The van der Waals surface area contributed by atoms with Crippen LogP contribution in [0.25, 0.3) is 10.8 Å². The van der Waals surface area contributed by atoms with Gasteiger partial charge in [0.1, 0.15) is 6.54 Å². The number of nitrogens with zero attached hydrogens (tertiary/aromatic N) is 2. The maximum Gasteiger partial charge on any atom is 0.311 e. The van der Waals surface area contributed by atoms with Crippen LogP contribution >= 0.6 is 15.9 Å². The van der Waals surface area contributed by atoms with E-state index in [2.05, 4.69) is 26.3 Å². The Morgan fingerprint density at radius 1 is 1.17 bits per heavy atom. The highest BCUT2D eigenvalue weighted by Gasteiger charge is 2.16. The smallest absolute Gasteiger partial charge is 0.311 e. The molecule has 1 amide bonds. The minimum atomic E-state index is -0.440. The highest BCUT2D eigenvalue weighted by molar-refractivity contribution is 9.10. The van der Waals surface area contributed by atoms with E-state index >= 15 is 0 Å². The van der Waals surface area contributed by atoms with E-state index in [4.69, 9.17) is 4.74 Å². The van der Waals surface area contributed by atoms with Crippen LogP contribution in [0.2, 0.25) is 0 Å². The van der Waals surface area contributed by atoms with Crippen LogP contribution in [-0.4, -0.2) is 28.3 Å². The van der Waals surface area contributed by atoms with Gasteiger partial charge in [0, 0.05) is 15.5 Å². The Hall–Kier alpha value is -3.00. The van der Waals surface area contributed by atoms with Gasteiger partial charge in [-0.2, -0.15) is 5.10 Å². The first-order chi connectivity index (χ1) is 13.9. The second-order valence-electron chi connectivity index (χ2n) is 6.44. The van der Waals surface area contributed by atoms with Crippen molar-refractivity contribution in [2.24, 2.45) is 0 Å². The molecule has 0 fully saturated rings. The molecule has 3 rings (SSSR count). The number of hydrogen-bond acceptors (Lipinski definition) is 5. The number of amides is 1. The van der Waals surface area contributed by atoms with Gasteiger partial charge in [0.25, 0.3) is 5.56 Å². The lowest BCUT2D eigenvalue weighted by Crippen LogP contribution is -2.31. The van der Waals surface area contributed by atoms with Crippen molar-refractivity contribution in [3.8, 4) is 0 Å². The second kappa shape index (κ2) is 9.00. The van der Waals surface area contributed by atoms with Crippen molar-refractivity contribution in [1.29, 1.82) is 0 Å². The van der Waals surface area contributed by atoms with Gasteiger partial charge >= 0.3 is 5.97 Å². The average molecular weight is 458 g/mol. The molecular formula is C21H20BrN3O4. The molecule has 0 atom stereocenters. The zero-order valence-corrected chi connectivity index (χ0v) is 17.7. The number of halogens is 1. The fourth-order valence-electron chi connectivity index (χ4n) is 2.98. The zero-order chi connectivity index (χ0) is 21.0. The van der Waals surface area contributed by atoms with Gasteiger partial charge in [0.2, 0.25) is 5.91 Å².